The number of aromatic nitrogens is 1. The summed E-state index contributed by atoms with van der Waals surface area (Å²) in [6.45, 7) is 2.53. The van der Waals surface area contributed by atoms with Crippen LogP contribution in [0.1, 0.15) is 27.2 Å². The van der Waals surface area contributed by atoms with Crippen LogP contribution in [-0.2, 0) is 11.3 Å². The molecule has 2 N–H and O–H groups in total. The van der Waals surface area contributed by atoms with E-state index in [-0.39, 0.29) is 16.7 Å². The molecule has 1 aliphatic rings. The quantitative estimate of drug-likeness (QED) is 0.655. The van der Waals surface area contributed by atoms with Gasteiger partial charge in [-0.05, 0) is 48.5 Å². The second kappa shape index (κ2) is 7.01. The molecule has 1 aliphatic heterocycles. The van der Waals surface area contributed by atoms with E-state index in [0.29, 0.717) is 11.4 Å². The summed E-state index contributed by atoms with van der Waals surface area (Å²) in [5.41, 5.74) is 4.08. The number of nitrogens with one attached hydrogen (secondary N) is 1. The lowest BCUT2D eigenvalue weighted by molar-refractivity contribution is -0.115. The van der Waals surface area contributed by atoms with Crippen molar-refractivity contribution in [3.63, 3.8) is 0 Å². The van der Waals surface area contributed by atoms with Crippen LogP contribution in [0.5, 0.6) is 0 Å². The molecule has 1 saturated heterocycles. The number of carbonyl (C=O) groups is 3. The Kier molecular flexibility index (Phi) is 4.52. The Morgan fingerprint density at radius 1 is 1.14 bits per heavy atom. The molecule has 0 saturated carbocycles. The standard InChI is InChI=1S/C21H16N2O4S/c1-12-16(10-18-19(24)22-21(27)28-18)15-4-2-3-5-17(15)23(12)11-13-6-8-14(9-7-13)20(25)26/h2-10H,11H2,1H3,(H,25,26)(H,22,24,27). The first-order valence-corrected chi connectivity index (χ1v) is 9.40. The average molecular weight is 392 g/mol. The highest BCUT2D eigenvalue weighted by Gasteiger charge is 2.26. The predicted molar refractivity (Wildman–Crippen MR) is 108 cm³/mol. The second-order valence-electron chi connectivity index (χ2n) is 6.46. The number of amides is 2. The molecule has 0 radical (unpaired) electrons. The van der Waals surface area contributed by atoms with Gasteiger partial charge in [0.2, 0.25) is 0 Å². The van der Waals surface area contributed by atoms with Gasteiger partial charge in [-0.25, -0.2) is 4.79 Å². The van der Waals surface area contributed by atoms with Gasteiger partial charge < -0.3 is 9.67 Å². The summed E-state index contributed by atoms with van der Waals surface area (Å²) in [5.74, 6) is -1.33. The number of thioether (sulfide) groups is 1. The van der Waals surface area contributed by atoms with Crippen molar-refractivity contribution >= 4 is 45.9 Å². The second-order valence-corrected chi connectivity index (χ2v) is 7.47. The van der Waals surface area contributed by atoms with Crippen LogP contribution in [0.2, 0.25) is 0 Å². The van der Waals surface area contributed by atoms with Gasteiger partial charge >= 0.3 is 5.97 Å². The van der Waals surface area contributed by atoms with E-state index >= 15 is 0 Å². The normalized spacial score (nSPS) is 15.4. The molecule has 0 bridgehead atoms. The largest absolute Gasteiger partial charge is 0.478 e. The lowest BCUT2D eigenvalue weighted by Gasteiger charge is -2.09. The van der Waals surface area contributed by atoms with Crippen LogP contribution in [0.25, 0.3) is 17.0 Å². The Hall–Kier alpha value is -3.32. The molecular weight excluding hydrogens is 376 g/mol. The third-order valence-corrected chi connectivity index (χ3v) is 5.55. The molecule has 7 heteroatoms. The fraction of sp³-hybridized carbons (Fsp3) is 0.0952. The van der Waals surface area contributed by atoms with Gasteiger partial charge in [-0.15, -0.1) is 0 Å². The van der Waals surface area contributed by atoms with Gasteiger partial charge in [0.15, 0.2) is 0 Å². The van der Waals surface area contributed by atoms with Crippen molar-refractivity contribution in [1.29, 1.82) is 0 Å². The van der Waals surface area contributed by atoms with Crippen molar-refractivity contribution < 1.29 is 19.5 Å². The van der Waals surface area contributed by atoms with Crippen molar-refractivity contribution in [2.75, 3.05) is 0 Å². The van der Waals surface area contributed by atoms with Crippen LogP contribution >= 0.6 is 11.8 Å². The van der Waals surface area contributed by atoms with Crippen LogP contribution in [-0.4, -0.2) is 26.8 Å². The fourth-order valence-corrected chi connectivity index (χ4v) is 4.00. The number of hydrogen-bond acceptors (Lipinski definition) is 4. The minimum Gasteiger partial charge on any atom is -0.478 e. The number of nitrogens with zero attached hydrogens (tertiary/aromatic N) is 1. The molecule has 0 spiro atoms. The predicted octanol–water partition coefficient (Wildman–Crippen LogP) is 4.02. The molecule has 2 aromatic carbocycles. The maximum Gasteiger partial charge on any atom is 0.335 e. The summed E-state index contributed by atoms with van der Waals surface area (Å²) < 4.78 is 2.12. The van der Waals surface area contributed by atoms with E-state index in [4.69, 9.17) is 5.11 Å². The smallest absolute Gasteiger partial charge is 0.335 e. The van der Waals surface area contributed by atoms with Gasteiger partial charge in [0.25, 0.3) is 11.1 Å². The van der Waals surface area contributed by atoms with Crippen molar-refractivity contribution in [3.05, 3.63) is 75.8 Å². The van der Waals surface area contributed by atoms with Crippen molar-refractivity contribution in [2.45, 2.75) is 13.5 Å². The number of para-hydroxylation sites is 1. The summed E-state index contributed by atoms with van der Waals surface area (Å²) in [4.78, 5) is 34.8. The number of hydrogen-bond donors (Lipinski definition) is 2. The van der Waals surface area contributed by atoms with E-state index < -0.39 is 5.97 Å². The van der Waals surface area contributed by atoms with Crippen LogP contribution in [0, 0.1) is 6.92 Å². The molecule has 3 aromatic rings. The molecule has 28 heavy (non-hydrogen) atoms. The Labute approximate surface area is 164 Å². The first kappa shape index (κ1) is 18.1. The molecule has 0 aliphatic carbocycles. The van der Waals surface area contributed by atoms with Gasteiger partial charge in [-0.3, -0.25) is 14.9 Å². The third kappa shape index (κ3) is 3.20. The van der Waals surface area contributed by atoms with Crippen LogP contribution in [0.4, 0.5) is 4.79 Å². The first-order valence-electron chi connectivity index (χ1n) is 8.59. The zero-order valence-electron chi connectivity index (χ0n) is 14.9. The van der Waals surface area contributed by atoms with Crippen LogP contribution in [0.15, 0.2) is 53.4 Å². The minimum atomic E-state index is -0.954. The number of carboxylic acid groups (broad SMARTS) is 1. The van der Waals surface area contributed by atoms with E-state index in [1.807, 2.05) is 31.2 Å². The van der Waals surface area contributed by atoms with Crippen molar-refractivity contribution in [2.24, 2.45) is 0 Å². The Morgan fingerprint density at radius 2 is 1.86 bits per heavy atom. The van der Waals surface area contributed by atoms with Crippen molar-refractivity contribution in [3.8, 4) is 0 Å². The molecule has 0 unspecified atom stereocenters. The summed E-state index contributed by atoms with van der Waals surface area (Å²) in [7, 11) is 0. The first-order chi connectivity index (χ1) is 13.4. The Balaban J connectivity index is 1.78. The number of carboxylic acids is 1. The van der Waals surface area contributed by atoms with E-state index in [2.05, 4.69) is 9.88 Å². The van der Waals surface area contributed by atoms with Crippen LogP contribution < -0.4 is 5.32 Å². The summed E-state index contributed by atoms with van der Waals surface area (Å²) >= 11 is 0.900. The van der Waals surface area contributed by atoms with Gasteiger partial charge in [0, 0.05) is 28.7 Å². The zero-order valence-corrected chi connectivity index (χ0v) is 15.7. The lowest BCUT2D eigenvalue weighted by Crippen LogP contribution is -2.17. The number of rotatable bonds is 4. The van der Waals surface area contributed by atoms with Crippen LogP contribution in [0.3, 0.4) is 0 Å². The number of imide groups is 1. The highest BCUT2D eigenvalue weighted by molar-refractivity contribution is 8.18. The topological polar surface area (TPSA) is 88.4 Å². The highest BCUT2D eigenvalue weighted by Crippen LogP contribution is 2.32. The zero-order chi connectivity index (χ0) is 19.8. The highest BCUT2D eigenvalue weighted by atomic mass is 32.2. The van der Waals surface area contributed by atoms with Crippen molar-refractivity contribution in [1.82, 2.24) is 9.88 Å². The molecule has 4 rings (SSSR count). The average Bonchev–Trinajstić information content (AvgIpc) is 3.13. The summed E-state index contributed by atoms with van der Waals surface area (Å²) in [6, 6.07) is 14.6. The summed E-state index contributed by atoms with van der Waals surface area (Å²) in [5, 5.41) is 12.0. The molecule has 2 amide bonds. The Morgan fingerprint density at radius 3 is 2.50 bits per heavy atom. The fourth-order valence-electron chi connectivity index (χ4n) is 3.33. The van der Waals surface area contributed by atoms with E-state index in [0.717, 1.165) is 39.5 Å². The maximum absolute atomic E-state index is 11.9. The van der Waals surface area contributed by atoms with Gasteiger partial charge in [0.05, 0.1) is 10.5 Å². The Bertz CT molecular complexity index is 1160. The number of fused-ring (bicyclic) bond motifs is 1. The summed E-state index contributed by atoms with van der Waals surface area (Å²) in [6.07, 6.45) is 1.76. The molecule has 140 valence electrons. The number of benzene rings is 2. The minimum absolute atomic E-state index is 0.247. The van der Waals surface area contributed by atoms with Gasteiger partial charge in [-0.2, -0.15) is 0 Å². The molecule has 0 atom stereocenters. The molecule has 1 fully saturated rings. The number of carbonyl (C=O) groups excluding carboxylic acids is 2. The molecule has 6 nitrogen and oxygen atoms in total. The van der Waals surface area contributed by atoms with E-state index in [1.54, 1.807) is 30.3 Å². The third-order valence-electron chi connectivity index (χ3n) is 4.74. The monoisotopic (exact) mass is 392 g/mol. The maximum atomic E-state index is 11.9. The number of aromatic carboxylic acids is 1. The molecular formula is C21H16N2O4S. The molecule has 2 heterocycles. The van der Waals surface area contributed by atoms with E-state index in [9.17, 15) is 14.4 Å². The van der Waals surface area contributed by atoms with Gasteiger partial charge in [-0.1, -0.05) is 30.3 Å². The molecule has 1 aromatic heterocycles. The van der Waals surface area contributed by atoms with Gasteiger partial charge in [0.1, 0.15) is 0 Å². The van der Waals surface area contributed by atoms with E-state index in [1.165, 1.54) is 0 Å². The lowest BCUT2D eigenvalue weighted by atomic mass is 10.1. The SMILES string of the molecule is Cc1c(C=C2SC(=O)NC2=O)c2ccccc2n1Cc1ccc(C(=O)O)cc1.